The lowest BCUT2D eigenvalue weighted by Gasteiger charge is -2.37. The highest BCUT2D eigenvalue weighted by Gasteiger charge is 2.50. The molecule has 1 aromatic rings. The molecule has 23 heavy (non-hydrogen) atoms. The Morgan fingerprint density at radius 3 is 2.65 bits per heavy atom. The minimum atomic E-state index is -1.94. The van der Waals surface area contributed by atoms with Crippen molar-refractivity contribution in [3.05, 3.63) is 40.8 Å². The molecule has 1 heterocycles. The summed E-state index contributed by atoms with van der Waals surface area (Å²) >= 11 is 0. The maximum absolute atomic E-state index is 12.1. The van der Waals surface area contributed by atoms with Crippen molar-refractivity contribution < 1.29 is 14.3 Å². The predicted octanol–water partition coefficient (Wildman–Crippen LogP) is 2.86. The van der Waals surface area contributed by atoms with Crippen molar-refractivity contribution in [3.63, 3.8) is 0 Å². The van der Waals surface area contributed by atoms with Gasteiger partial charge in [-0.15, -0.1) is 0 Å². The standard InChI is InChI=1S/C16H23N3O3Si/c1-11-10-22-14(13(18-19-17)16(20)21-2)15(11)23(3,4)12-8-6-5-7-9-12/h5-9,11,13-15H,10H2,1-4H3/t11-,13-,14-,15+/m1/s1. The number of carbonyl (C=O) groups is 1. The molecule has 0 amide bonds. The van der Waals surface area contributed by atoms with Crippen molar-refractivity contribution in [1.82, 2.24) is 0 Å². The van der Waals surface area contributed by atoms with Gasteiger partial charge in [-0.2, -0.15) is 0 Å². The minimum Gasteiger partial charge on any atom is -0.469 e. The molecule has 0 spiro atoms. The van der Waals surface area contributed by atoms with Crippen molar-refractivity contribution in [3.8, 4) is 0 Å². The van der Waals surface area contributed by atoms with E-state index in [2.05, 4.69) is 42.2 Å². The third-order valence-electron chi connectivity index (χ3n) is 4.80. The lowest BCUT2D eigenvalue weighted by molar-refractivity contribution is -0.145. The summed E-state index contributed by atoms with van der Waals surface area (Å²) in [6.45, 7) is 7.24. The molecule has 0 N–H and O–H groups in total. The zero-order valence-electron chi connectivity index (χ0n) is 14.0. The van der Waals surface area contributed by atoms with Gasteiger partial charge < -0.3 is 9.47 Å². The molecule has 1 aliphatic rings. The molecule has 7 heteroatoms. The van der Waals surface area contributed by atoms with Crippen LogP contribution >= 0.6 is 0 Å². The summed E-state index contributed by atoms with van der Waals surface area (Å²) in [5, 5.41) is 4.97. The summed E-state index contributed by atoms with van der Waals surface area (Å²) in [6.07, 6.45) is -0.435. The van der Waals surface area contributed by atoms with Gasteiger partial charge in [-0.05, 0) is 17.0 Å². The van der Waals surface area contributed by atoms with E-state index in [0.717, 1.165) is 0 Å². The predicted molar refractivity (Wildman–Crippen MR) is 91.2 cm³/mol. The van der Waals surface area contributed by atoms with E-state index in [-0.39, 0.29) is 5.54 Å². The van der Waals surface area contributed by atoms with Crippen LogP contribution in [-0.4, -0.2) is 39.9 Å². The molecule has 0 saturated carbocycles. The second-order valence-corrected chi connectivity index (χ2v) is 11.2. The zero-order chi connectivity index (χ0) is 17.0. The Balaban J connectivity index is 2.41. The Morgan fingerprint density at radius 2 is 2.09 bits per heavy atom. The van der Waals surface area contributed by atoms with Gasteiger partial charge in [-0.1, -0.05) is 60.7 Å². The molecule has 0 unspecified atom stereocenters. The number of carbonyl (C=O) groups excluding carboxylic acids is 1. The fourth-order valence-corrected chi connectivity index (χ4v) is 7.74. The van der Waals surface area contributed by atoms with E-state index in [4.69, 9.17) is 15.0 Å². The average Bonchev–Trinajstić information content (AvgIpc) is 2.94. The number of ether oxygens (including phenoxy) is 2. The van der Waals surface area contributed by atoms with Crippen LogP contribution in [0.5, 0.6) is 0 Å². The molecule has 0 aliphatic carbocycles. The molecule has 124 valence electrons. The van der Waals surface area contributed by atoms with Gasteiger partial charge in [0.05, 0.1) is 21.3 Å². The van der Waals surface area contributed by atoms with Crippen LogP contribution in [0.2, 0.25) is 18.6 Å². The van der Waals surface area contributed by atoms with E-state index in [1.54, 1.807) is 0 Å². The Morgan fingerprint density at radius 1 is 1.43 bits per heavy atom. The fraction of sp³-hybridized carbons (Fsp3) is 0.562. The SMILES string of the molecule is COC(=O)[C@H](N=[N+]=[N-])[C@H]1OC[C@@H](C)[C@@H]1[Si](C)(C)c1ccccc1. The Labute approximate surface area is 137 Å². The third-order valence-corrected chi connectivity index (χ3v) is 9.19. The van der Waals surface area contributed by atoms with Crippen LogP contribution in [0, 0.1) is 5.92 Å². The van der Waals surface area contributed by atoms with E-state index in [9.17, 15) is 4.79 Å². The number of hydrogen-bond donors (Lipinski definition) is 0. The van der Waals surface area contributed by atoms with Crippen molar-refractivity contribution in [2.45, 2.75) is 37.7 Å². The largest absolute Gasteiger partial charge is 0.469 e. The van der Waals surface area contributed by atoms with Gasteiger partial charge in [0.15, 0.2) is 6.04 Å². The maximum atomic E-state index is 12.1. The molecule has 4 atom stereocenters. The van der Waals surface area contributed by atoms with E-state index < -0.39 is 26.2 Å². The monoisotopic (exact) mass is 333 g/mol. The molecule has 6 nitrogen and oxygen atoms in total. The molecule has 2 rings (SSSR count). The molecule has 0 bridgehead atoms. The van der Waals surface area contributed by atoms with Crippen LogP contribution < -0.4 is 5.19 Å². The number of esters is 1. The lowest BCUT2D eigenvalue weighted by atomic mass is 10.0. The maximum Gasteiger partial charge on any atom is 0.317 e. The Kier molecular flexibility index (Phi) is 5.46. The first-order valence-electron chi connectivity index (χ1n) is 7.72. The van der Waals surface area contributed by atoms with Gasteiger partial charge >= 0.3 is 5.97 Å². The first kappa shape index (κ1) is 17.5. The normalized spacial score (nSPS) is 25.5. The smallest absolute Gasteiger partial charge is 0.317 e. The second kappa shape index (κ2) is 7.17. The van der Waals surface area contributed by atoms with Crippen LogP contribution in [0.15, 0.2) is 35.4 Å². The highest BCUT2D eigenvalue weighted by Crippen LogP contribution is 2.42. The van der Waals surface area contributed by atoms with Crippen molar-refractivity contribution in [2.24, 2.45) is 11.0 Å². The third kappa shape index (κ3) is 3.42. The van der Waals surface area contributed by atoms with Gasteiger partial charge in [-0.3, -0.25) is 4.79 Å². The first-order chi connectivity index (χ1) is 10.9. The number of hydrogen-bond acceptors (Lipinski definition) is 4. The summed E-state index contributed by atoms with van der Waals surface area (Å²) in [5.41, 5.74) is 8.99. The summed E-state index contributed by atoms with van der Waals surface area (Å²) < 4.78 is 10.7. The number of rotatable bonds is 5. The first-order valence-corrected chi connectivity index (χ1v) is 10.8. The van der Waals surface area contributed by atoms with Crippen LogP contribution in [0.3, 0.4) is 0 Å². The van der Waals surface area contributed by atoms with Gasteiger partial charge in [0.2, 0.25) is 0 Å². The molecule has 0 radical (unpaired) electrons. The molecular formula is C16H23N3O3Si. The van der Waals surface area contributed by atoms with Gasteiger partial charge in [0, 0.05) is 11.5 Å². The molecule has 0 aromatic heterocycles. The molecule has 1 saturated heterocycles. The Bertz CT molecular complexity index is 602. The molecular weight excluding hydrogens is 310 g/mol. The summed E-state index contributed by atoms with van der Waals surface area (Å²) in [7, 11) is -0.638. The highest BCUT2D eigenvalue weighted by molar-refractivity contribution is 6.91. The van der Waals surface area contributed by atoms with Crippen molar-refractivity contribution >= 4 is 19.2 Å². The number of methoxy groups -OCH3 is 1. The fourth-order valence-electron chi connectivity index (χ4n) is 3.69. The summed E-state index contributed by atoms with van der Waals surface area (Å²) in [6, 6.07) is 9.40. The van der Waals surface area contributed by atoms with E-state index in [0.29, 0.717) is 12.5 Å². The van der Waals surface area contributed by atoms with Gasteiger partial charge in [-0.25, -0.2) is 0 Å². The van der Waals surface area contributed by atoms with Crippen LogP contribution in [0.25, 0.3) is 10.4 Å². The van der Waals surface area contributed by atoms with E-state index in [1.165, 1.54) is 12.3 Å². The molecule has 1 fully saturated rings. The van der Waals surface area contributed by atoms with Crippen LogP contribution in [0.4, 0.5) is 0 Å². The highest BCUT2D eigenvalue weighted by atomic mass is 28.3. The van der Waals surface area contributed by atoms with Crippen molar-refractivity contribution in [1.29, 1.82) is 0 Å². The van der Waals surface area contributed by atoms with Gasteiger partial charge in [0.1, 0.15) is 0 Å². The Hall–Kier alpha value is -1.82. The molecule has 1 aliphatic heterocycles. The second-order valence-electron chi connectivity index (χ2n) is 6.56. The van der Waals surface area contributed by atoms with E-state index in [1.807, 2.05) is 18.2 Å². The van der Waals surface area contributed by atoms with Gasteiger partial charge in [0.25, 0.3) is 0 Å². The van der Waals surface area contributed by atoms with Crippen LogP contribution in [-0.2, 0) is 14.3 Å². The quantitative estimate of drug-likeness (QED) is 0.273. The summed E-state index contributed by atoms with van der Waals surface area (Å²) in [5.74, 6) is -0.243. The topological polar surface area (TPSA) is 84.3 Å². The summed E-state index contributed by atoms with van der Waals surface area (Å²) in [4.78, 5) is 14.9. The van der Waals surface area contributed by atoms with Crippen molar-refractivity contribution in [2.75, 3.05) is 13.7 Å². The average molecular weight is 333 g/mol. The van der Waals surface area contributed by atoms with E-state index >= 15 is 0 Å². The van der Waals surface area contributed by atoms with Crippen LogP contribution in [0.1, 0.15) is 6.92 Å². The zero-order valence-corrected chi connectivity index (χ0v) is 15.0. The number of benzene rings is 1. The molecule has 1 aromatic carbocycles. The number of azide groups is 1. The lowest BCUT2D eigenvalue weighted by Crippen LogP contribution is -2.53. The minimum absolute atomic E-state index is 0.166. The number of nitrogens with zero attached hydrogens (tertiary/aromatic N) is 3.